The molecule has 0 bridgehead atoms. The first-order chi connectivity index (χ1) is 14.4. The second-order valence-corrected chi connectivity index (χ2v) is 12.3. The molecule has 0 aromatic heterocycles. The van der Waals surface area contributed by atoms with Gasteiger partial charge in [0.2, 0.25) is 0 Å². The quantitative estimate of drug-likeness (QED) is 0.405. The van der Waals surface area contributed by atoms with Crippen LogP contribution in [0, 0.1) is 39.9 Å². The summed E-state index contributed by atoms with van der Waals surface area (Å²) >= 11 is 0. The van der Waals surface area contributed by atoms with Gasteiger partial charge >= 0.3 is 11.9 Å². The molecule has 4 rings (SSSR count). The van der Waals surface area contributed by atoms with Crippen LogP contribution in [0.4, 0.5) is 0 Å². The fourth-order valence-corrected chi connectivity index (χ4v) is 9.35. The van der Waals surface area contributed by atoms with E-state index in [0.717, 1.165) is 32.1 Å². The van der Waals surface area contributed by atoms with E-state index in [9.17, 15) is 14.7 Å². The zero-order chi connectivity index (χ0) is 22.8. The largest absolute Gasteiger partial charge is 0.481 e. The lowest BCUT2D eigenvalue weighted by Crippen LogP contribution is -2.60. The van der Waals surface area contributed by atoms with E-state index in [1.807, 2.05) is 0 Å². The van der Waals surface area contributed by atoms with Crippen LogP contribution in [-0.4, -0.2) is 22.6 Å². The molecule has 1 heterocycles. The van der Waals surface area contributed by atoms with Crippen molar-refractivity contribution in [3.8, 4) is 0 Å². The minimum atomic E-state index is -0.689. The lowest BCUT2D eigenvalue weighted by molar-refractivity contribution is -0.181. The van der Waals surface area contributed by atoms with Crippen LogP contribution in [0.15, 0.2) is 12.2 Å². The first-order valence-corrected chi connectivity index (χ1v) is 12.5. The van der Waals surface area contributed by atoms with Crippen molar-refractivity contribution in [2.75, 3.05) is 0 Å². The van der Waals surface area contributed by atoms with E-state index in [2.05, 4.69) is 41.2 Å². The predicted molar refractivity (Wildman–Crippen MR) is 121 cm³/mol. The average molecular weight is 431 g/mol. The van der Waals surface area contributed by atoms with Gasteiger partial charge in [0, 0.05) is 18.8 Å². The maximum absolute atomic E-state index is 12.0. The number of aliphatic carboxylic acids is 1. The highest BCUT2D eigenvalue weighted by Gasteiger charge is 2.68. The Balaban J connectivity index is 1.68. The molecule has 4 heteroatoms. The molecule has 4 aliphatic rings. The lowest BCUT2D eigenvalue weighted by atomic mass is 9.38. The van der Waals surface area contributed by atoms with Gasteiger partial charge in [0.15, 0.2) is 0 Å². The lowest BCUT2D eigenvalue weighted by Gasteiger charge is -2.66. The van der Waals surface area contributed by atoms with Crippen molar-refractivity contribution in [3.63, 3.8) is 0 Å². The van der Waals surface area contributed by atoms with Gasteiger partial charge < -0.3 is 9.84 Å². The van der Waals surface area contributed by atoms with Crippen molar-refractivity contribution >= 4 is 11.9 Å². The number of esters is 1. The highest BCUT2D eigenvalue weighted by molar-refractivity contribution is 5.72. The Morgan fingerprint density at radius 2 is 1.71 bits per heavy atom. The molecular weight excluding hydrogens is 388 g/mol. The number of hydrogen-bond donors (Lipinski definition) is 1. The van der Waals surface area contributed by atoms with Crippen LogP contribution >= 0.6 is 0 Å². The Kier molecular flexibility index (Phi) is 5.42. The molecule has 8 atom stereocenters. The summed E-state index contributed by atoms with van der Waals surface area (Å²) in [5.74, 6) is 1.22. The van der Waals surface area contributed by atoms with Crippen LogP contribution in [0.5, 0.6) is 0 Å². The summed E-state index contributed by atoms with van der Waals surface area (Å²) in [4.78, 5) is 23.5. The highest BCUT2D eigenvalue weighted by Crippen LogP contribution is 2.74. The summed E-state index contributed by atoms with van der Waals surface area (Å²) in [7, 11) is 0. The van der Waals surface area contributed by atoms with Gasteiger partial charge in [-0.1, -0.05) is 32.9 Å². The molecule has 3 saturated carbocycles. The van der Waals surface area contributed by atoms with Crippen molar-refractivity contribution in [1.82, 2.24) is 0 Å². The van der Waals surface area contributed by atoms with Crippen molar-refractivity contribution in [3.05, 3.63) is 12.2 Å². The zero-order valence-electron chi connectivity index (χ0n) is 20.3. The second-order valence-electron chi connectivity index (χ2n) is 12.3. The van der Waals surface area contributed by atoms with Gasteiger partial charge in [-0.25, -0.2) is 0 Å². The Labute approximate surface area is 188 Å². The van der Waals surface area contributed by atoms with Crippen LogP contribution < -0.4 is 0 Å². The smallest absolute Gasteiger partial charge is 0.306 e. The molecule has 0 aromatic carbocycles. The van der Waals surface area contributed by atoms with Gasteiger partial charge in [-0.15, -0.1) is 0 Å². The van der Waals surface area contributed by atoms with E-state index in [1.165, 1.54) is 24.8 Å². The van der Waals surface area contributed by atoms with E-state index < -0.39 is 5.97 Å². The van der Waals surface area contributed by atoms with Gasteiger partial charge in [0.05, 0.1) is 0 Å². The first kappa shape index (κ1) is 22.9. The van der Waals surface area contributed by atoms with Crippen LogP contribution in [0.3, 0.4) is 0 Å². The summed E-state index contributed by atoms with van der Waals surface area (Å²) in [5, 5.41) is 9.49. The number of allylic oxidation sites excluding steroid dienone is 1. The molecule has 1 N–H and O–H groups in total. The average Bonchev–Trinajstić information content (AvgIpc) is 3.21. The van der Waals surface area contributed by atoms with Gasteiger partial charge in [-0.2, -0.15) is 0 Å². The minimum absolute atomic E-state index is 0.0208. The van der Waals surface area contributed by atoms with Gasteiger partial charge in [-0.3, -0.25) is 9.59 Å². The number of hydrogen-bond acceptors (Lipinski definition) is 3. The van der Waals surface area contributed by atoms with Crippen molar-refractivity contribution in [2.24, 2.45) is 39.9 Å². The fourth-order valence-electron chi connectivity index (χ4n) is 9.35. The summed E-state index contributed by atoms with van der Waals surface area (Å²) in [6, 6.07) is 0. The minimum Gasteiger partial charge on any atom is -0.481 e. The molecule has 1 saturated heterocycles. The number of cyclic esters (lactones) is 1. The first-order valence-electron chi connectivity index (χ1n) is 12.5. The molecule has 0 amide bonds. The SMILES string of the molecule is C=C(C)C1CCC2(C)C(CCC3C(C4(C)CCC(=O)O4)CCC32C)C1(C)CCC(=O)O. The van der Waals surface area contributed by atoms with Crippen molar-refractivity contribution in [1.29, 1.82) is 0 Å². The van der Waals surface area contributed by atoms with E-state index in [0.29, 0.717) is 30.1 Å². The van der Waals surface area contributed by atoms with E-state index in [-0.39, 0.29) is 34.2 Å². The van der Waals surface area contributed by atoms with Crippen LogP contribution in [0.2, 0.25) is 0 Å². The Hall–Kier alpha value is -1.32. The van der Waals surface area contributed by atoms with Gasteiger partial charge in [0.25, 0.3) is 0 Å². The maximum Gasteiger partial charge on any atom is 0.306 e. The highest BCUT2D eigenvalue weighted by atomic mass is 16.6. The fraction of sp³-hybridized carbons (Fsp3) is 0.852. The third-order valence-electron chi connectivity index (χ3n) is 11.1. The number of carboxylic acids is 1. The number of carboxylic acid groups (broad SMARTS) is 1. The molecule has 1 aliphatic heterocycles. The molecule has 31 heavy (non-hydrogen) atoms. The molecule has 0 aromatic rings. The number of carbonyl (C=O) groups is 2. The van der Waals surface area contributed by atoms with E-state index in [4.69, 9.17) is 4.74 Å². The summed E-state index contributed by atoms with van der Waals surface area (Å²) in [6.07, 6.45) is 9.34. The van der Waals surface area contributed by atoms with Crippen LogP contribution in [0.25, 0.3) is 0 Å². The standard InChI is InChI=1S/C27H42O4/c1-17(2)18-9-15-26(5)21(24(18,3)13-11-22(28)29)8-7-19-20(10-14-25(19,26)4)27(6)16-12-23(30)31-27/h18-21H,1,7-16H2,2-6H3,(H,28,29). The van der Waals surface area contributed by atoms with Crippen LogP contribution in [0.1, 0.15) is 98.8 Å². The molecule has 4 nitrogen and oxygen atoms in total. The third kappa shape index (κ3) is 3.22. The number of ether oxygens (including phenoxy) is 1. The molecule has 0 spiro atoms. The normalized spacial score (nSPS) is 49.3. The number of carbonyl (C=O) groups excluding carboxylic acids is 1. The number of rotatable bonds is 5. The third-order valence-corrected chi connectivity index (χ3v) is 11.1. The summed E-state index contributed by atoms with van der Waals surface area (Å²) in [6.45, 7) is 16.0. The molecule has 4 fully saturated rings. The second kappa shape index (κ2) is 7.35. The predicted octanol–water partition coefficient (Wildman–Crippen LogP) is 6.39. The Morgan fingerprint density at radius 3 is 2.29 bits per heavy atom. The molecule has 174 valence electrons. The monoisotopic (exact) mass is 430 g/mol. The van der Waals surface area contributed by atoms with Gasteiger partial charge in [0.1, 0.15) is 5.60 Å². The molecule has 3 aliphatic carbocycles. The summed E-state index contributed by atoms with van der Waals surface area (Å²) < 4.78 is 5.93. The van der Waals surface area contributed by atoms with Crippen molar-refractivity contribution in [2.45, 2.75) is 104 Å². The Morgan fingerprint density at radius 1 is 1.03 bits per heavy atom. The van der Waals surface area contributed by atoms with Gasteiger partial charge in [-0.05, 0) is 99.2 Å². The molecule has 0 radical (unpaired) electrons. The summed E-state index contributed by atoms with van der Waals surface area (Å²) in [5.41, 5.74) is 1.29. The zero-order valence-corrected chi connectivity index (χ0v) is 20.3. The molecule has 8 unspecified atom stereocenters. The van der Waals surface area contributed by atoms with E-state index >= 15 is 0 Å². The number of fused-ring (bicyclic) bond motifs is 3. The topological polar surface area (TPSA) is 63.6 Å². The Bertz CT molecular complexity index is 788. The maximum atomic E-state index is 12.0. The van der Waals surface area contributed by atoms with Crippen LogP contribution in [-0.2, 0) is 14.3 Å². The van der Waals surface area contributed by atoms with Crippen molar-refractivity contribution < 1.29 is 19.4 Å². The molecular formula is C27H42O4. The van der Waals surface area contributed by atoms with E-state index in [1.54, 1.807) is 0 Å².